The van der Waals surface area contributed by atoms with E-state index in [1.807, 2.05) is 33.0 Å². The first-order valence-corrected chi connectivity index (χ1v) is 12.4. The summed E-state index contributed by atoms with van der Waals surface area (Å²) in [5, 5.41) is 6.71. The van der Waals surface area contributed by atoms with Gasteiger partial charge in [0.15, 0.2) is 0 Å². The third-order valence-corrected chi connectivity index (χ3v) is 6.19. The highest BCUT2D eigenvalue weighted by Gasteiger charge is 2.32. The van der Waals surface area contributed by atoms with Crippen molar-refractivity contribution < 1.29 is 23.1 Å². The standard InChI is InChI=1S/C25H19ClF2N6O3.C2H6/c1-33-20-9-13(19-7-8-30-34(19)2)3-6-21(20)37-12-18(25(33)36)31-24(35)23-29-11-16(26)22(32-23)15-5-4-14(27)10-17(15)28;1-2/h3-11,18H,12H2,1-2H3,(H,31,35);1-2H3/t18-;/m0./s1. The van der Waals surface area contributed by atoms with Crippen molar-refractivity contribution >= 4 is 29.1 Å². The van der Waals surface area contributed by atoms with Gasteiger partial charge in [0.1, 0.15) is 30.0 Å². The first kappa shape index (κ1) is 27.6. The maximum atomic E-state index is 14.3. The average Bonchev–Trinajstić information content (AvgIpc) is 3.33. The van der Waals surface area contributed by atoms with E-state index in [1.54, 1.807) is 30.1 Å². The predicted molar refractivity (Wildman–Crippen MR) is 143 cm³/mol. The van der Waals surface area contributed by atoms with Crippen LogP contribution in [-0.4, -0.2) is 51.3 Å². The van der Waals surface area contributed by atoms with Crippen molar-refractivity contribution in [3.63, 3.8) is 0 Å². The summed E-state index contributed by atoms with van der Waals surface area (Å²) in [7, 11) is 3.39. The predicted octanol–water partition coefficient (Wildman–Crippen LogP) is 4.66. The lowest BCUT2D eigenvalue weighted by Crippen LogP contribution is -2.49. The van der Waals surface area contributed by atoms with Crippen LogP contribution in [0.2, 0.25) is 5.02 Å². The normalized spacial score (nSPS) is 14.5. The van der Waals surface area contributed by atoms with E-state index in [1.165, 1.54) is 4.90 Å². The van der Waals surface area contributed by atoms with Crippen molar-refractivity contribution in [2.75, 3.05) is 18.6 Å². The van der Waals surface area contributed by atoms with Crippen LogP contribution in [0.15, 0.2) is 54.9 Å². The fraction of sp³-hybridized carbons (Fsp3) is 0.222. The molecule has 1 N–H and O–H groups in total. The van der Waals surface area contributed by atoms with Crippen LogP contribution >= 0.6 is 11.6 Å². The van der Waals surface area contributed by atoms with Crippen LogP contribution < -0.4 is 15.0 Å². The summed E-state index contributed by atoms with van der Waals surface area (Å²) < 4.78 is 35.2. The lowest BCUT2D eigenvalue weighted by atomic mass is 10.1. The van der Waals surface area contributed by atoms with Crippen molar-refractivity contribution in [2.45, 2.75) is 19.9 Å². The second kappa shape index (κ2) is 11.6. The Labute approximate surface area is 228 Å². The number of amides is 2. The number of fused-ring (bicyclic) bond motifs is 1. The monoisotopic (exact) mass is 554 g/mol. The molecule has 39 heavy (non-hydrogen) atoms. The van der Waals surface area contributed by atoms with Gasteiger partial charge in [0.05, 0.1) is 28.3 Å². The number of likely N-dealkylation sites (N-methyl/N-ethyl adjacent to an activating group) is 1. The summed E-state index contributed by atoms with van der Waals surface area (Å²) in [6, 6.07) is 9.09. The van der Waals surface area contributed by atoms with Gasteiger partial charge in [-0.1, -0.05) is 25.4 Å². The molecule has 0 radical (unpaired) electrons. The fourth-order valence-electron chi connectivity index (χ4n) is 3.99. The van der Waals surface area contributed by atoms with Crippen molar-refractivity contribution in [2.24, 2.45) is 7.05 Å². The Morgan fingerprint density at radius 2 is 1.90 bits per heavy atom. The summed E-state index contributed by atoms with van der Waals surface area (Å²) in [6.07, 6.45) is 2.81. The number of rotatable bonds is 4. The van der Waals surface area contributed by atoms with Crippen LogP contribution in [0.1, 0.15) is 24.5 Å². The summed E-state index contributed by atoms with van der Waals surface area (Å²) in [5.41, 5.74) is 2.02. The van der Waals surface area contributed by atoms with Crippen molar-refractivity contribution in [1.82, 2.24) is 25.1 Å². The zero-order valence-corrected chi connectivity index (χ0v) is 22.3. The molecule has 0 bridgehead atoms. The molecule has 1 aliphatic heterocycles. The molecule has 2 aromatic heterocycles. The number of hydrogen-bond donors (Lipinski definition) is 1. The number of aromatic nitrogens is 4. The number of carbonyl (C=O) groups excluding carboxylic acids is 2. The summed E-state index contributed by atoms with van der Waals surface area (Å²) in [5.74, 6) is -2.77. The second-order valence-corrected chi connectivity index (χ2v) is 8.68. The molecule has 3 heterocycles. The molecular weight excluding hydrogens is 530 g/mol. The van der Waals surface area contributed by atoms with Crippen LogP contribution in [0.4, 0.5) is 14.5 Å². The molecule has 4 aromatic rings. The molecule has 0 unspecified atom stereocenters. The Morgan fingerprint density at radius 3 is 2.59 bits per heavy atom. The van der Waals surface area contributed by atoms with E-state index in [0.29, 0.717) is 17.5 Å². The third kappa shape index (κ3) is 5.58. The van der Waals surface area contributed by atoms with E-state index in [-0.39, 0.29) is 28.7 Å². The molecule has 0 saturated carbocycles. The topological polar surface area (TPSA) is 102 Å². The molecule has 2 aromatic carbocycles. The maximum absolute atomic E-state index is 14.3. The quantitative estimate of drug-likeness (QED) is 0.394. The van der Waals surface area contributed by atoms with Crippen molar-refractivity contribution in [3.8, 4) is 28.3 Å². The number of ether oxygens (including phenoxy) is 1. The maximum Gasteiger partial charge on any atom is 0.289 e. The lowest BCUT2D eigenvalue weighted by Gasteiger charge is -2.20. The molecule has 1 atom stereocenters. The minimum atomic E-state index is -1.06. The van der Waals surface area contributed by atoms with Gasteiger partial charge in [-0.25, -0.2) is 18.7 Å². The number of hydrogen-bond acceptors (Lipinski definition) is 6. The van der Waals surface area contributed by atoms with Crippen molar-refractivity contribution in [3.05, 3.63) is 77.3 Å². The van der Waals surface area contributed by atoms with Gasteiger partial charge >= 0.3 is 0 Å². The highest BCUT2D eigenvalue weighted by Crippen LogP contribution is 2.35. The summed E-state index contributed by atoms with van der Waals surface area (Å²) >= 11 is 6.11. The van der Waals surface area contributed by atoms with E-state index in [9.17, 15) is 18.4 Å². The molecule has 12 heteroatoms. The second-order valence-electron chi connectivity index (χ2n) is 8.27. The Bertz CT molecular complexity index is 1540. The van der Waals surface area contributed by atoms with Gasteiger partial charge < -0.3 is 15.0 Å². The zero-order valence-electron chi connectivity index (χ0n) is 21.6. The van der Waals surface area contributed by atoms with E-state index in [4.69, 9.17) is 16.3 Å². The molecule has 1 aliphatic rings. The largest absolute Gasteiger partial charge is 0.489 e. The molecule has 0 aliphatic carbocycles. The molecule has 2 amide bonds. The van der Waals surface area contributed by atoms with Gasteiger partial charge in [0.25, 0.3) is 11.8 Å². The average molecular weight is 555 g/mol. The molecule has 0 spiro atoms. The minimum absolute atomic E-state index is 0.0321. The lowest BCUT2D eigenvalue weighted by molar-refractivity contribution is -0.120. The first-order chi connectivity index (χ1) is 18.7. The van der Waals surface area contributed by atoms with E-state index >= 15 is 0 Å². The summed E-state index contributed by atoms with van der Waals surface area (Å²) in [4.78, 5) is 35.6. The molecule has 5 rings (SSSR count). The Kier molecular flexibility index (Phi) is 8.20. The number of anilines is 1. The van der Waals surface area contributed by atoms with Gasteiger partial charge in [-0.15, -0.1) is 0 Å². The van der Waals surface area contributed by atoms with Crippen LogP contribution in [0.5, 0.6) is 5.75 Å². The number of nitrogens with one attached hydrogen (secondary N) is 1. The smallest absolute Gasteiger partial charge is 0.289 e. The Balaban J connectivity index is 0.00000172. The molecular formula is C27H25ClF2N6O3. The van der Waals surface area contributed by atoms with E-state index in [2.05, 4.69) is 20.4 Å². The Hall–Kier alpha value is -4.38. The fourth-order valence-corrected chi connectivity index (χ4v) is 4.18. The molecule has 0 fully saturated rings. The molecule has 202 valence electrons. The summed E-state index contributed by atoms with van der Waals surface area (Å²) in [6.45, 7) is 3.86. The number of carbonyl (C=O) groups is 2. The van der Waals surface area contributed by atoms with Gasteiger partial charge in [0.2, 0.25) is 5.82 Å². The highest BCUT2D eigenvalue weighted by atomic mass is 35.5. The molecule has 0 saturated heterocycles. The van der Waals surface area contributed by atoms with Gasteiger partial charge in [-0.05, 0) is 36.4 Å². The van der Waals surface area contributed by atoms with Crippen LogP contribution in [0.3, 0.4) is 0 Å². The zero-order chi connectivity index (χ0) is 28.3. The van der Waals surface area contributed by atoms with Crippen LogP contribution in [-0.2, 0) is 11.8 Å². The van der Waals surface area contributed by atoms with Gasteiger partial charge in [-0.2, -0.15) is 5.10 Å². The van der Waals surface area contributed by atoms with Gasteiger partial charge in [0, 0.05) is 37.5 Å². The van der Waals surface area contributed by atoms with E-state index < -0.39 is 29.5 Å². The van der Waals surface area contributed by atoms with E-state index in [0.717, 1.165) is 29.6 Å². The Morgan fingerprint density at radius 1 is 1.13 bits per heavy atom. The first-order valence-electron chi connectivity index (χ1n) is 12.0. The number of aryl methyl sites for hydroxylation is 1. The highest BCUT2D eigenvalue weighted by molar-refractivity contribution is 6.33. The van der Waals surface area contributed by atoms with Crippen LogP contribution in [0, 0.1) is 11.6 Å². The number of halogens is 3. The number of nitrogens with zero attached hydrogens (tertiary/aromatic N) is 5. The third-order valence-electron chi connectivity index (χ3n) is 5.91. The number of benzene rings is 2. The minimum Gasteiger partial charge on any atom is -0.489 e. The molecule has 9 nitrogen and oxygen atoms in total. The van der Waals surface area contributed by atoms with Crippen molar-refractivity contribution in [1.29, 1.82) is 0 Å². The SMILES string of the molecule is CC.CN1C(=O)[C@@H](NC(=O)c2ncc(Cl)c(-c3ccc(F)cc3F)n2)COc2ccc(-c3ccnn3C)cc21. The van der Waals surface area contributed by atoms with Crippen LogP contribution in [0.25, 0.3) is 22.5 Å². The van der Waals surface area contributed by atoms with Gasteiger partial charge in [-0.3, -0.25) is 14.3 Å².